The van der Waals surface area contributed by atoms with Gasteiger partial charge in [0, 0.05) is 13.2 Å². The third kappa shape index (κ3) is 2.41. The van der Waals surface area contributed by atoms with Crippen molar-refractivity contribution in [1.29, 1.82) is 0 Å². The van der Waals surface area contributed by atoms with Crippen molar-refractivity contribution in [3.63, 3.8) is 0 Å². The lowest BCUT2D eigenvalue weighted by Gasteiger charge is -2.27. The Kier molecular flexibility index (Phi) is 3.11. The van der Waals surface area contributed by atoms with E-state index in [2.05, 4.69) is 26.2 Å². The zero-order chi connectivity index (χ0) is 10.8. The zero-order valence-corrected chi connectivity index (χ0v) is 10.2. The number of nitrogens with one attached hydrogen (secondary N) is 1. The van der Waals surface area contributed by atoms with E-state index in [1.807, 2.05) is 6.92 Å². The van der Waals surface area contributed by atoms with Crippen LogP contribution >= 0.6 is 15.9 Å². The summed E-state index contributed by atoms with van der Waals surface area (Å²) in [6.45, 7) is 3.61. The number of hydrogen-bond donors (Lipinski definition) is 2. The Morgan fingerprint density at radius 2 is 2.47 bits per heavy atom. The van der Waals surface area contributed by atoms with Crippen LogP contribution in [0.1, 0.15) is 12.1 Å². The second kappa shape index (κ2) is 4.37. The maximum atomic E-state index is 5.89. The molecular weight excluding hydrogens is 258 g/mol. The number of nitrogens with two attached hydrogens (primary N) is 1. The SMILES string of the molecule is Cc1nc(Br)cc(N)c1NCC1CCO1. The van der Waals surface area contributed by atoms with Crippen LogP contribution in [-0.2, 0) is 4.74 Å². The van der Waals surface area contributed by atoms with E-state index in [4.69, 9.17) is 10.5 Å². The van der Waals surface area contributed by atoms with Gasteiger partial charge in [0.05, 0.1) is 23.2 Å². The van der Waals surface area contributed by atoms with Crippen molar-refractivity contribution in [2.45, 2.75) is 19.4 Å². The normalized spacial score (nSPS) is 19.7. The maximum Gasteiger partial charge on any atom is 0.108 e. The first-order chi connectivity index (χ1) is 7.16. The molecule has 0 amide bonds. The molecule has 0 radical (unpaired) electrons. The second-order valence-corrected chi connectivity index (χ2v) is 4.47. The van der Waals surface area contributed by atoms with Crippen LogP contribution < -0.4 is 11.1 Å². The molecule has 0 saturated carbocycles. The zero-order valence-electron chi connectivity index (χ0n) is 8.59. The summed E-state index contributed by atoms with van der Waals surface area (Å²) >= 11 is 3.31. The fraction of sp³-hybridized carbons (Fsp3) is 0.500. The van der Waals surface area contributed by atoms with Gasteiger partial charge < -0.3 is 15.8 Å². The molecule has 4 nitrogen and oxygen atoms in total. The van der Waals surface area contributed by atoms with Gasteiger partial charge in [-0.3, -0.25) is 0 Å². The summed E-state index contributed by atoms with van der Waals surface area (Å²) in [6.07, 6.45) is 1.45. The number of aryl methyl sites for hydroxylation is 1. The van der Waals surface area contributed by atoms with E-state index < -0.39 is 0 Å². The average molecular weight is 272 g/mol. The summed E-state index contributed by atoms with van der Waals surface area (Å²) in [4.78, 5) is 4.29. The lowest BCUT2D eigenvalue weighted by molar-refractivity contribution is -0.0410. The molecule has 1 aromatic heterocycles. The van der Waals surface area contributed by atoms with E-state index >= 15 is 0 Å². The number of hydrogen-bond acceptors (Lipinski definition) is 4. The summed E-state index contributed by atoms with van der Waals surface area (Å²) in [5.41, 5.74) is 8.43. The molecule has 1 atom stereocenters. The molecule has 1 unspecified atom stereocenters. The second-order valence-electron chi connectivity index (χ2n) is 3.66. The molecule has 1 fully saturated rings. The van der Waals surface area contributed by atoms with Gasteiger partial charge in [-0.2, -0.15) is 0 Å². The molecule has 0 bridgehead atoms. The van der Waals surface area contributed by atoms with Crippen molar-refractivity contribution in [3.05, 3.63) is 16.4 Å². The Labute approximate surface area is 97.3 Å². The van der Waals surface area contributed by atoms with E-state index in [9.17, 15) is 0 Å². The highest BCUT2D eigenvalue weighted by Crippen LogP contribution is 2.25. The van der Waals surface area contributed by atoms with Crippen molar-refractivity contribution in [2.75, 3.05) is 24.2 Å². The van der Waals surface area contributed by atoms with Gasteiger partial charge in [-0.25, -0.2) is 4.98 Å². The quantitative estimate of drug-likeness (QED) is 0.825. The van der Waals surface area contributed by atoms with Crippen molar-refractivity contribution >= 4 is 27.3 Å². The molecule has 0 aromatic carbocycles. The van der Waals surface area contributed by atoms with Crippen molar-refractivity contribution in [2.24, 2.45) is 0 Å². The number of pyridine rings is 1. The molecule has 2 rings (SSSR count). The van der Waals surface area contributed by atoms with Crippen LogP contribution in [0.15, 0.2) is 10.7 Å². The van der Waals surface area contributed by atoms with Gasteiger partial charge in [0.15, 0.2) is 0 Å². The molecule has 1 aromatic rings. The highest BCUT2D eigenvalue weighted by molar-refractivity contribution is 9.10. The van der Waals surface area contributed by atoms with Gasteiger partial charge in [-0.15, -0.1) is 0 Å². The van der Waals surface area contributed by atoms with Crippen LogP contribution in [0.5, 0.6) is 0 Å². The number of anilines is 2. The standard InChI is InChI=1S/C10H14BrN3O/c1-6-10(8(12)4-9(11)14-6)13-5-7-2-3-15-7/h4,7,13H,2-3,5H2,1H3,(H2,12,14). The maximum absolute atomic E-state index is 5.89. The molecule has 1 aliphatic rings. The molecule has 5 heteroatoms. The van der Waals surface area contributed by atoms with Crippen LogP contribution in [0, 0.1) is 6.92 Å². The minimum Gasteiger partial charge on any atom is -0.397 e. The summed E-state index contributed by atoms with van der Waals surface area (Å²) in [7, 11) is 0. The molecule has 0 spiro atoms. The minimum atomic E-state index is 0.326. The van der Waals surface area contributed by atoms with Crippen molar-refractivity contribution in [1.82, 2.24) is 4.98 Å². The summed E-state index contributed by atoms with van der Waals surface area (Å²) in [5.74, 6) is 0. The highest BCUT2D eigenvalue weighted by Gasteiger charge is 2.18. The van der Waals surface area contributed by atoms with Gasteiger partial charge in [-0.05, 0) is 35.3 Å². The Balaban J connectivity index is 2.05. The Bertz CT molecular complexity index is 343. The fourth-order valence-corrected chi connectivity index (χ4v) is 2.06. The number of aromatic nitrogens is 1. The van der Waals surface area contributed by atoms with Gasteiger partial charge in [0.1, 0.15) is 4.60 Å². The Hall–Kier alpha value is -0.810. The van der Waals surface area contributed by atoms with Crippen LogP contribution in [0.3, 0.4) is 0 Å². The van der Waals surface area contributed by atoms with Crippen molar-refractivity contribution in [3.8, 4) is 0 Å². The van der Waals surface area contributed by atoms with Crippen LogP contribution in [-0.4, -0.2) is 24.2 Å². The number of ether oxygens (including phenoxy) is 1. The Morgan fingerprint density at radius 3 is 3.00 bits per heavy atom. The largest absolute Gasteiger partial charge is 0.397 e. The smallest absolute Gasteiger partial charge is 0.108 e. The van der Waals surface area contributed by atoms with E-state index in [0.29, 0.717) is 11.8 Å². The predicted molar refractivity (Wildman–Crippen MR) is 63.9 cm³/mol. The van der Waals surface area contributed by atoms with Gasteiger partial charge in [0.2, 0.25) is 0 Å². The first-order valence-electron chi connectivity index (χ1n) is 4.95. The van der Waals surface area contributed by atoms with Crippen LogP contribution in [0.2, 0.25) is 0 Å². The summed E-state index contributed by atoms with van der Waals surface area (Å²) in [6, 6.07) is 1.80. The number of nitrogen functional groups attached to an aromatic ring is 1. The predicted octanol–water partition coefficient (Wildman–Crippen LogP) is 1.94. The first kappa shape index (κ1) is 10.7. The molecule has 15 heavy (non-hydrogen) atoms. The fourth-order valence-electron chi connectivity index (χ4n) is 1.55. The molecule has 1 aliphatic heterocycles. The highest BCUT2D eigenvalue weighted by atomic mass is 79.9. The molecule has 82 valence electrons. The summed E-state index contributed by atoms with van der Waals surface area (Å²) in [5, 5.41) is 3.28. The summed E-state index contributed by atoms with van der Waals surface area (Å²) < 4.78 is 6.09. The lowest BCUT2D eigenvalue weighted by Crippen LogP contribution is -2.33. The molecule has 0 aliphatic carbocycles. The Morgan fingerprint density at radius 1 is 1.73 bits per heavy atom. The molecule has 2 heterocycles. The van der Waals surface area contributed by atoms with Gasteiger partial charge in [0.25, 0.3) is 0 Å². The third-order valence-corrected chi connectivity index (χ3v) is 2.91. The van der Waals surface area contributed by atoms with Crippen molar-refractivity contribution < 1.29 is 4.74 Å². The van der Waals surface area contributed by atoms with E-state index in [-0.39, 0.29) is 0 Å². The lowest BCUT2D eigenvalue weighted by atomic mass is 10.2. The topological polar surface area (TPSA) is 60.2 Å². The van der Waals surface area contributed by atoms with E-state index in [0.717, 1.165) is 35.6 Å². The van der Waals surface area contributed by atoms with Crippen LogP contribution in [0.4, 0.5) is 11.4 Å². The minimum absolute atomic E-state index is 0.326. The van der Waals surface area contributed by atoms with Gasteiger partial charge >= 0.3 is 0 Å². The number of rotatable bonds is 3. The molecule has 1 saturated heterocycles. The molecular formula is C10H14BrN3O. The third-order valence-electron chi connectivity index (χ3n) is 2.50. The first-order valence-corrected chi connectivity index (χ1v) is 5.74. The van der Waals surface area contributed by atoms with E-state index in [1.165, 1.54) is 0 Å². The van der Waals surface area contributed by atoms with Crippen LogP contribution in [0.25, 0.3) is 0 Å². The monoisotopic (exact) mass is 271 g/mol. The average Bonchev–Trinajstić information content (AvgIpc) is 2.06. The van der Waals surface area contributed by atoms with E-state index in [1.54, 1.807) is 6.07 Å². The number of halogens is 1. The number of nitrogens with zero attached hydrogens (tertiary/aromatic N) is 1. The molecule has 3 N–H and O–H groups in total. The van der Waals surface area contributed by atoms with Gasteiger partial charge in [-0.1, -0.05) is 0 Å².